The third-order valence-electron chi connectivity index (χ3n) is 3.62. The smallest absolute Gasteiger partial charge is 0.253 e. The molecule has 2 aromatic rings. The van der Waals surface area contributed by atoms with Crippen molar-refractivity contribution >= 4 is 0 Å². The van der Waals surface area contributed by atoms with Crippen molar-refractivity contribution in [3.63, 3.8) is 0 Å². The van der Waals surface area contributed by atoms with E-state index in [1.165, 1.54) is 11.1 Å². The zero-order valence-corrected chi connectivity index (χ0v) is 13.2. The summed E-state index contributed by atoms with van der Waals surface area (Å²) in [6, 6.07) is 10.1. The van der Waals surface area contributed by atoms with Gasteiger partial charge in [0.25, 0.3) is 5.56 Å². The summed E-state index contributed by atoms with van der Waals surface area (Å²) in [6.45, 7) is 9.32. The van der Waals surface area contributed by atoms with Gasteiger partial charge in [0.1, 0.15) is 5.82 Å². The standard InChI is InChI=1S/C17H23N3O/c1-5-18-16(15-8-6-12(2)7-9-15)11-20-14(4)19-13(3)10-17(20)21/h6-10,16,18H,5,11H2,1-4H3. The zero-order valence-electron chi connectivity index (χ0n) is 13.2. The molecular formula is C17H23N3O. The maximum atomic E-state index is 12.2. The van der Waals surface area contributed by atoms with Gasteiger partial charge in [0.05, 0.1) is 6.04 Å². The van der Waals surface area contributed by atoms with E-state index < -0.39 is 0 Å². The van der Waals surface area contributed by atoms with Gasteiger partial charge in [0.2, 0.25) is 0 Å². The minimum atomic E-state index is 0.00927. The van der Waals surface area contributed by atoms with E-state index in [1.807, 2.05) is 13.8 Å². The molecular weight excluding hydrogens is 262 g/mol. The van der Waals surface area contributed by atoms with Crippen LogP contribution in [0, 0.1) is 20.8 Å². The molecule has 0 saturated carbocycles. The van der Waals surface area contributed by atoms with Gasteiger partial charge < -0.3 is 5.32 Å². The van der Waals surface area contributed by atoms with Gasteiger partial charge >= 0.3 is 0 Å². The van der Waals surface area contributed by atoms with E-state index in [9.17, 15) is 4.79 Å². The van der Waals surface area contributed by atoms with Crippen molar-refractivity contribution in [1.29, 1.82) is 0 Å². The molecule has 0 spiro atoms. The first-order chi connectivity index (χ1) is 10.0. The van der Waals surface area contributed by atoms with E-state index in [1.54, 1.807) is 10.6 Å². The lowest BCUT2D eigenvalue weighted by molar-refractivity contribution is 0.456. The van der Waals surface area contributed by atoms with Crippen LogP contribution < -0.4 is 10.9 Å². The van der Waals surface area contributed by atoms with Crippen molar-refractivity contribution in [2.24, 2.45) is 0 Å². The Morgan fingerprint density at radius 1 is 1.19 bits per heavy atom. The molecule has 1 aromatic heterocycles. The highest BCUT2D eigenvalue weighted by molar-refractivity contribution is 5.24. The first kappa shape index (κ1) is 15.4. The molecule has 0 bridgehead atoms. The predicted molar refractivity (Wildman–Crippen MR) is 85.6 cm³/mol. The van der Waals surface area contributed by atoms with Crippen LogP contribution >= 0.6 is 0 Å². The van der Waals surface area contributed by atoms with Gasteiger partial charge in [0.15, 0.2) is 0 Å². The fourth-order valence-electron chi connectivity index (χ4n) is 2.50. The summed E-state index contributed by atoms with van der Waals surface area (Å²) in [4.78, 5) is 16.6. The first-order valence-electron chi connectivity index (χ1n) is 7.36. The number of aromatic nitrogens is 2. The molecule has 0 radical (unpaired) electrons. The molecule has 2 rings (SSSR count). The Balaban J connectivity index is 2.32. The molecule has 1 atom stereocenters. The molecule has 4 heteroatoms. The second kappa shape index (κ2) is 6.68. The van der Waals surface area contributed by atoms with Gasteiger partial charge in [-0.25, -0.2) is 4.98 Å². The Bertz CT molecular complexity index is 659. The van der Waals surface area contributed by atoms with Crippen molar-refractivity contribution in [2.45, 2.75) is 40.3 Å². The van der Waals surface area contributed by atoms with Crippen LogP contribution in [-0.4, -0.2) is 16.1 Å². The van der Waals surface area contributed by atoms with E-state index >= 15 is 0 Å². The van der Waals surface area contributed by atoms with Crippen LogP contribution in [0.3, 0.4) is 0 Å². The van der Waals surface area contributed by atoms with Crippen LogP contribution in [-0.2, 0) is 6.54 Å². The van der Waals surface area contributed by atoms with E-state index in [0.29, 0.717) is 6.54 Å². The van der Waals surface area contributed by atoms with Gasteiger partial charge in [-0.1, -0.05) is 36.8 Å². The fourth-order valence-corrected chi connectivity index (χ4v) is 2.50. The summed E-state index contributed by atoms with van der Waals surface area (Å²) in [7, 11) is 0. The largest absolute Gasteiger partial charge is 0.309 e. The first-order valence-corrected chi connectivity index (χ1v) is 7.36. The van der Waals surface area contributed by atoms with Gasteiger partial charge in [0, 0.05) is 18.3 Å². The molecule has 0 aliphatic carbocycles. The van der Waals surface area contributed by atoms with Gasteiger partial charge in [-0.3, -0.25) is 9.36 Å². The summed E-state index contributed by atoms with van der Waals surface area (Å²) in [5.41, 5.74) is 3.20. The Morgan fingerprint density at radius 3 is 2.43 bits per heavy atom. The predicted octanol–water partition coefficient (Wildman–Crippen LogP) is 2.52. The lowest BCUT2D eigenvalue weighted by atomic mass is 10.0. The lowest BCUT2D eigenvalue weighted by Crippen LogP contribution is -2.32. The summed E-state index contributed by atoms with van der Waals surface area (Å²) < 4.78 is 1.74. The van der Waals surface area contributed by atoms with Crippen LogP contribution in [0.25, 0.3) is 0 Å². The van der Waals surface area contributed by atoms with Crippen LogP contribution in [0.5, 0.6) is 0 Å². The molecule has 0 amide bonds. The normalized spacial score (nSPS) is 12.4. The SMILES string of the molecule is CCNC(Cn1c(C)nc(C)cc1=O)c1ccc(C)cc1. The quantitative estimate of drug-likeness (QED) is 0.918. The summed E-state index contributed by atoms with van der Waals surface area (Å²) >= 11 is 0. The third kappa shape index (κ3) is 3.79. The molecule has 0 aliphatic rings. The van der Waals surface area contributed by atoms with Crippen LogP contribution in [0.15, 0.2) is 35.1 Å². The summed E-state index contributed by atoms with van der Waals surface area (Å²) in [6.07, 6.45) is 0. The number of benzene rings is 1. The number of rotatable bonds is 5. The molecule has 1 heterocycles. The second-order valence-corrected chi connectivity index (χ2v) is 5.41. The van der Waals surface area contributed by atoms with Crippen LogP contribution in [0.2, 0.25) is 0 Å². The fraction of sp³-hybridized carbons (Fsp3) is 0.412. The van der Waals surface area contributed by atoms with Crippen LogP contribution in [0.1, 0.15) is 35.6 Å². The summed E-state index contributed by atoms with van der Waals surface area (Å²) in [5.74, 6) is 0.759. The molecule has 1 unspecified atom stereocenters. The van der Waals surface area contributed by atoms with Crippen molar-refractivity contribution in [1.82, 2.24) is 14.9 Å². The highest BCUT2D eigenvalue weighted by Gasteiger charge is 2.13. The van der Waals surface area contributed by atoms with Gasteiger partial charge in [-0.2, -0.15) is 0 Å². The molecule has 1 N–H and O–H groups in total. The molecule has 1 aromatic carbocycles. The highest BCUT2D eigenvalue weighted by atomic mass is 16.1. The molecule has 112 valence electrons. The highest BCUT2D eigenvalue weighted by Crippen LogP contribution is 2.16. The maximum absolute atomic E-state index is 12.2. The second-order valence-electron chi connectivity index (χ2n) is 5.41. The van der Waals surface area contributed by atoms with E-state index in [-0.39, 0.29) is 11.6 Å². The Labute approximate surface area is 125 Å². The molecule has 0 fully saturated rings. The Morgan fingerprint density at radius 2 is 1.86 bits per heavy atom. The van der Waals surface area contributed by atoms with Crippen molar-refractivity contribution in [3.8, 4) is 0 Å². The van der Waals surface area contributed by atoms with Crippen molar-refractivity contribution in [2.75, 3.05) is 6.54 Å². The number of nitrogens with one attached hydrogen (secondary N) is 1. The Kier molecular flexibility index (Phi) is 4.91. The zero-order chi connectivity index (χ0) is 15.4. The molecule has 21 heavy (non-hydrogen) atoms. The molecule has 0 aliphatic heterocycles. The van der Waals surface area contributed by atoms with Gasteiger partial charge in [-0.05, 0) is 32.9 Å². The van der Waals surface area contributed by atoms with Gasteiger partial charge in [-0.15, -0.1) is 0 Å². The number of aryl methyl sites for hydroxylation is 3. The average Bonchev–Trinajstić information content (AvgIpc) is 2.42. The topological polar surface area (TPSA) is 46.9 Å². The minimum absolute atomic E-state index is 0.00927. The maximum Gasteiger partial charge on any atom is 0.253 e. The number of nitrogens with zero attached hydrogens (tertiary/aromatic N) is 2. The number of hydrogen-bond donors (Lipinski definition) is 1. The van der Waals surface area contributed by atoms with Crippen LogP contribution in [0.4, 0.5) is 0 Å². The Hall–Kier alpha value is -1.94. The van der Waals surface area contributed by atoms with Crippen molar-refractivity contribution in [3.05, 3.63) is 63.3 Å². The van der Waals surface area contributed by atoms with E-state index in [4.69, 9.17) is 0 Å². The number of likely N-dealkylation sites (N-methyl/N-ethyl adjacent to an activating group) is 1. The third-order valence-corrected chi connectivity index (χ3v) is 3.62. The monoisotopic (exact) mass is 285 g/mol. The van der Waals surface area contributed by atoms with E-state index in [2.05, 4.69) is 48.4 Å². The average molecular weight is 285 g/mol. The minimum Gasteiger partial charge on any atom is -0.309 e. The summed E-state index contributed by atoms with van der Waals surface area (Å²) in [5, 5.41) is 3.45. The lowest BCUT2D eigenvalue weighted by Gasteiger charge is -2.21. The molecule has 0 saturated heterocycles. The number of hydrogen-bond acceptors (Lipinski definition) is 3. The molecule has 4 nitrogen and oxygen atoms in total. The van der Waals surface area contributed by atoms with E-state index in [0.717, 1.165) is 18.1 Å². The van der Waals surface area contributed by atoms with Crippen molar-refractivity contribution < 1.29 is 0 Å².